The van der Waals surface area contributed by atoms with Crippen molar-refractivity contribution in [1.29, 1.82) is 0 Å². The average Bonchev–Trinajstić information content (AvgIpc) is 3.04. The smallest absolute Gasteiger partial charge is 0.339 e. The summed E-state index contributed by atoms with van der Waals surface area (Å²) in [6, 6.07) is 14.1. The molecule has 144 valence electrons. The summed E-state index contributed by atoms with van der Waals surface area (Å²) < 4.78 is 5.34. The minimum absolute atomic E-state index is 0.00892. The Morgan fingerprint density at radius 3 is 2.54 bits per heavy atom. The van der Waals surface area contributed by atoms with Gasteiger partial charge in [0, 0.05) is 18.7 Å². The summed E-state index contributed by atoms with van der Waals surface area (Å²) in [5, 5.41) is 2.83. The van der Waals surface area contributed by atoms with Crippen molar-refractivity contribution in [3.8, 4) is 0 Å². The molecule has 2 aromatic carbocycles. The summed E-state index contributed by atoms with van der Waals surface area (Å²) in [5.74, 6) is -0.768. The normalized spacial score (nSPS) is 18.4. The first-order valence-corrected chi connectivity index (χ1v) is 9.61. The Bertz CT molecular complexity index is 918. The summed E-state index contributed by atoms with van der Waals surface area (Å²) >= 11 is 0. The van der Waals surface area contributed by atoms with Crippen molar-refractivity contribution in [2.45, 2.75) is 31.8 Å². The molecule has 1 unspecified atom stereocenters. The molecule has 0 radical (unpaired) electrons. The van der Waals surface area contributed by atoms with Gasteiger partial charge in [0.25, 0.3) is 5.91 Å². The van der Waals surface area contributed by atoms with E-state index < -0.39 is 12.1 Å². The van der Waals surface area contributed by atoms with Crippen molar-refractivity contribution >= 4 is 23.5 Å². The molecule has 0 aliphatic carbocycles. The molecule has 2 aromatic rings. The van der Waals surface area contributed by atoms with Crippen LogP contribution in [0.25, 0.3) is 0 Å². The van der Waals surface area contributed by atoms with Crippen molar-refractivity contribution in [2.24, 2.45) is 0 Å². The summed E-state index contributed by atoms with van der Waals surface area (Å²) in [6.07, 6.45) is 2.56. The quantitative estimate of drug-likeness (QED) is 0.826. The van der Waals surface area contributed by atoms with Crippen LogP contribution in [0.2, 0.25) is 0 Å². The molecule has 0 bridgehead atoms. The molecule has 4 rings (SSSR count). The van der Waals surface area contributed by atoms with E-state index in [1.807, 2.05) is 11.0 Å². The fourth-order valence-corrected chi connectivity index (χ4v) is 3.79. The summed E-state index contributed by atoms with van der Waals surface area (Å²) in [4.78, 5) is 39.2. The predicted molar refractivity (Wildman–Crippen MR) is 104 cm³/mol. The maximum atomic E-state index is 12.9. The van der Waals surface area contributed by atoms with Crippen LogP contribution in [0.1, 0.15) is 58.1 Å². The number of amides is 2. The van der Waals surface area contributed by atoms with Crippen LogP contribution < -0.4 is 5.32 Å². The molecule has 0 aromatic heterocycles. The number of likely N-dealkylation sites (tertiary alicyclic amines) is 1. The van der Waals surface area contributed by atoms with Gasteiger partial charge in [-0.2, -0.15) is 0 Å². The van der Waals surface area contributed by atoms with Gasteiger partial charge in [-0.1, -0.05) is 30.3 Å². The van der Waals surface area contributed by atoms with Crippen LogP contribution in [0, 0.1) is 0 Å². The summed E-state index contributed by atoms with van der Waals surface area (Å²) in [5.41, 5.74) is 2.20. The van der Waals surface area contributed by atoms with Gasteiger partial charge in [0.05, 0.1) is 23.2 Å². The minimum Gasteiger partial charge on any atom is -0.453 e. The molecule has 6 heteroatoms. The van der Waals surface area contributed by atoms with Gasteiger partial charge in [-0.15, -0.1) is 0 Å². The molecule has 2 aliphatic rings. The van der Waals surface area contributed by atoms with E-state index in [4.69, 9.17) is 4.74 Å². The van der Waals surface area contributed by atoms with Gasteiger partial charge in [-0.25, -0.2) is 4.79 Å². The van der Waals surface area contributed by atoms with E-state index in [9.17, 15) is 14.4 Å². The molecule has 28 heavy (non-hydrogen) atoms. The maximum absolute atomic E-state index is 12.9. The molecule has 2 aliphatic heterocycles. The number of rotatable bonds is 4. The highest BCUT2D eigenvalue weighted by Gasteiger charge is 2.32. The van der Waals surface area contributed by atoms with Crippen LogP contribution in [0.15, 0.2) is 48.5 Å². The highest BCUT2D eigenvalue weighted by molar-refractivity contribution is 6.04. The number of esters is 1. The largest absolute Gasteiger partial charge is 0.453 e. The fraction of sp³-hybridized carbons (Fsp3) is 0.318. The Balaban J connectivity index is 1.47. The first-order valence-electron chi connectivity index (χ1n) is 9.61. The first-order chi connectivity index (χ1) is 13.6. The third-order valence-electron chi connectivity index (χ3n) is 5.22. The summed E-state index contributed by atoms with van der Waals surface area (Å²) in [6.45, 7) is 1.49. The molecule has 1 saturated heterocycles. The number of carbonyl (C=O) groups excluding carboxylic acids is 3. The Morgan fingerprint density at radius 1 is 1.00 bits per heavy atom. The molecular formula is C22H22N2O4. The number of piperidine rings is 1. The highest BCUT2D eigenvalue weighted by atomic mass is 16.5. The van der Waals surface area contributed by atoms with Crippen LogP contribution >= 0.6 is 0 Å². The number of para-hydroxylation sites is 1. The predicted octanol–water partition coefficient (Wildman–Crippen LogP) is 3.55. The van der Waals surface area contributed by atoms with E-state index in [0.717, 1.165) is 37.9 Å². The van der Waals surface area contributed by atoms with Crippen LogP contribution in [0.5, 0.6) is 0 Å². The van der Waals surface area contributed by atoms with E-state index in [2.05, 4.69) is 5.32 Å². The number of hydrogen-bond acceptors (Lipinski definition) is 4. The lowest BCUT2D eigenvalue weighted by Gasteiger charge is -2.27. The monoisotopic (exact) mass is 378 g/mol. The van der Waals surface area contributed by atoms with Gasteiger partial charge in [0.1, 0.15) is 6.10 Å². The van der Waals surface area contributed by atoms with Crippen molar-refractivity contribution in [1.82, 2.24) is 4.90 Å². The number of hydrogen-bond donors (Lipinski definition) is 1. The molecule has 1 N–H and O–H groups in total. The number of nitrogens with zero attached hydrogens (tertiary/aromatic N) is 1. The second-order valence-electron chi connectivity index (χ2n) is 7.13. The molecular weight excluding hydrogens is 356 g/mol. The first kappa shape index (κ1) is 18.2. The average molecular weight is 378 g/mol. The number of benzene rings is 2. The lowest BCUT2D eigenvalue weighted by molar-refractivity contribution is -0.118. The number of fused-ring (bicyclic) bond motifs is 1. The molecule has 6 nitrogen and oxygen atoms in total. The number of ether oxygens (including phenoxy) is 1. The molecule has 2 heterocycles. The zero-order chi connectivity index (χ0) is 19.5. The molecule has 2 amide bonds. The Kier molecular flexibility index (Phi) is 5.10. The van der Waals surface area contributed by atoms with Gasteiger partial charge in [-0.05, 0) is 37.5 Å². The molecule has 0 saturated carbocycles. The molecule has 1 fully saturated rings. The number of cyclic esters (lactones) is 1. The van der Waals surface area contributed by atoms with E-state index >= 15 is 0 Å². The van der Waals surface area contributed by atoms with E-state index in [1.54, 1.807) is 42.5 Å². The van der Waals surface area contributed by atoms with Crippen LogP contribution in [0.4, 0.5) is 5.69 Å². The van der Waals surface area contributed by atoms with Crippen LogP contribution in [-0.4, -0.2) is 35.8 Å². The summed E-state index contributed by atoms with van der Waals surface area (Å²) in [7, 11) is 0. The second kappa shape index (κ2) is 7.84. The SMILES string of the molecule is O=C(CC1OC(=O)c2ccccc21)Nc1ccccc1C(=O)N1CCCCC1. The molecule has 0 spiro atoms. The number of anilines is 1. The Morgan fingerprint density at radius 2 is 1.71 bits per heavy atom. The van der Waals surface area contributed by atoms with Crippen molar-refractivity contribution in [3.05, 3.63) is 65.2 Å². The van der Waals surface area contributed by atoms with Gasteiger partial charge in [-0.3, -0.25) is 9.59 Å². The van der Waals surface area contributed by atoms with Crippen molar-refractivity contribution in [2.75, 3.05) is 18.4 Å². The third-order valence-corrected chi connectivity index (χ3v) is 5.22. The lowest BCUT2D eigenvalue weighted by Crippen LogP contribution is -2.36. The van der Waals surface area contributed by atoms with Crippen molar-refractivity contribution in [3.63, 3.8) is 0 Å². The topological polar surface area (TPSA) is 75.7 Å². The maximum Gasteiger partial charge on any atom is 0.339 e. The Labute approximate surface area is 163 Å². The third kappa shape index (κ3) is 3.63. The fourth-order valence-electron chi connectivity index (χ4n) is 3.79. The van der Waals surface area contributed by atoms with Gasteiger partial charge < -0.3 is 15.0 Å². The van der Waals surface area contributed by atoms with Gasteiger partial charge in [0.15, 0.2) is 0 Å². The zero-order valence-corrected chi connectivity index (χ0v) is 15.5. The molecule has 1 atom stereocenters. The van der Waals surface area contributed by atoms with Gasteiger partial charge >= 0.3 is 5.97 Å². The highest BCUT2D eigenvalue weighted by Crippen LogP contribution is 2.33. The second-order valence-corrected chi connectivity index (χ2v) is 7.13. The number of carbonyl (C=O) groups is 3. The standard InChI is InChI=1S/C22H22N2O4/c25-20(14-19-15-8-2-3-9-16(15)22(27)28-19)23-18-11-5-4-10-17(18)21(26)24-12-6-1-7-13-24/h2-5,8-11,19H,1,6-7,12-14H2,(H,23,25). The van der Waals surface area contributed by atoms with E-state index in [1.165, 1.54) is 0 Å². The lowest BCUT2D eigenvalue weighted by atomic mass is 10.0. The van der Waals surface area contributed by atoms with Crippen LogP contribution in [-0.2, 0) is 9.53 Å². The van der Waals surface area contributed by atoms with Crippen LogP contribution in [0.3, 0.4) is 0 Å². The Hall–Kier alpha value is -3.15. The minimum atomic E-state index is -0.603. The zero-order valence-electron chi connectivity index (χ0n) is 15.5. The van der Waals surface area contributed by atoms with Gasteiger partial charge in [0.2, 0.25) is 5.91 Å². The van der Waals surface area contributed by atoms with Crippen molar-refractivity contribution < 1.29 is 19.1 Å². The number of nitrogens with one attached hydrogen (secondary N) is 1. The van der Waals surface area contributed by atoms with E-state index in [0.29, 0.717) is 16.8 Å². The van der Waals surface area contributed by atoms with E-state index in [-0.39, 0.29) is 18.2 Å².